The van der Waals surface area contributed by atoms with Gasteiger partial charge in [-0.1, -0.05) is 43.0 Å². The molecule has 0 amide bonds. The van der Waals surface area contributed by atoms with Crippen molar-refractivity contribution >= 4 is 22.9 Å². The van der Waals surface area contributed by atoms with Gasteiger partial charge in [0.25, 0.3) is 0 Å². The zero-order valence-corrected chi connectivity index (χ0v) is 8.77. The molecule has 1 aromatic heterocycles. The number of benzene rings is 1. The zero-order chi connectivity index (χ0) is 10.7. The van der Waals surface area contributed by atoms with Gasteiger partial charge in [-0.3, -0.25) is 4.98 Å². The van der Waals surface area contributed by atoms with Crippen LogP contribution in [-0.4, -0.2) is 4.98 Å². The summed E-state index contributed by atoms with van der Waals surface area (Å²) in [7, 11) is 0. The quantitative estimate of drug-likeness (QED) is 0.678. The molecule has 1 heterocycles. The van der Waals surface area contributed by atoms with Crippen molar-refractivity contribution in [2.24, 2.45) is 0 Å². The van der Waals surface area contributed by atoms with E-state index < -0.39 is 0 Å². The van der Waals surface area contributed by atoms with Crippen molar-refractivity contribution in [3.8, 4) is 0 Å². The van der Waals surface area contributed by atoms with Crippen molar-refractivity contribution in [3.63, 3.8) is 0 Å². The third-order valence-corrected chi connectivity index (χ3v) is 2.43. The summed E-state index contributed by atoms with van der Waals surface area (Å²) in [5, 5.41) is 4.56. The Hall–Kier alpha value is -1.89. The van der Waals surface area contributed by atoms with E-state index in [2.05, 4.69) is 29.8 Å². The second-order valence-corrected chi connectivity index (χ2v) is 3.34. The van der Waals surface area contributed by atoms with E-state index in [1.54, 1.807) is 6.08 Å². The SMILES string of the molecule is C=C/C=c1/ncc2ccccc2/c1=C/C. The van der Waals surface area contributed by atoms with Gasteiger partial charge in [0.05, 0.1) is 5.35 Å². The number of nitrogens with zero attached hydrogens (tertiary/aromatic N) is 1. The minimum absolute atomic E-state index is 0.978. The van der Waals surface area contributed by atoms with E-state index >= 15 is 0 Å². The molecule has 0 saturated carbocycles. The van der Waals surface area contributed by atoms with E-state index in [0.717, 1.165) is 5.35 Å². The molecule has 1 aromatic carbocycles. The molecule has 0 unspecified atom stereocenters. The fourth-order valence-corrected chi connectivity index (χ4v) is 1.75. The van der Waals surface area contributed by atoms with Gasteiger partial charge < -0.3 is 0 Å². The lowest BCUT2D eigenvalue weighted by Gasteiger charge is -1.98. The smallest absolute Gasteiger partial charge is 0.0704 e. The molecule has 0 radical (unpaired) electrons. The molecular weight excluding hydrogens is 182 g/mol. The van der Waals surface area contributed by atoms with E-state index in [9.17, 15) is 0 Å². The van der Waals surface area contributed by atoms with Gasteiger partial charge in [0.1, 0.15) is 0 Å². The number of fused-ring (bicyclic) bond motifs is 1. The number of hydrogen-bond acceptors (Lipinski definition) is 1. The minimum atomic E-state index is 0.978. The molecule has 0 aliphatic rings. The fourth-order valence-electron chi connectivity index (χ4n) is 1.75. The summed E-state index contributed by atoms with van der Waals surface area (Å²) >= 11 is 0. The van der Waals surface area contributed by atoms with Gasteiger partial charge in [0.2, 0.25) is 0 Å². The zero-order valence-electron chi connectivity index (χ0n) is 8.77. The third-order valence-electron chi connectivity index (χ3n) is 2.43. The second-order valence-electron chi connectivity index (χ2n) is 3.34. The molecule has 74 valence electrons. The topological polar surface area (TPSA) is 12.9 Å². The Morgan fingerprint density at radius 1 is 1.27 bits per heavy atom. The molecule has 0 N–H and O–H groups in total. The Kier molecular flexibility index (Phi) is 2.64. The summed E-state index contributed by atoms with van der Waals surface area (Å²) in [5.41, 5.74) is 0. The number of aromatic nitrogens is 1. The maximum absolute atomic E-state index is 4.41. The first kappa shape index (κ1) is 9.66. The molecule has 0 bridgehead atoms. The molecule has 0 fully saturated rings. The molecule has 0 aliphatic heterocycles. The fraction of sp³-hybridized carbons (Fsp3) is 0.0714. The molecule has 0 atom stereocenters. The predicted octanol–water partition coefficient (Wildman–Crippen LogP) is 2.00. The molecule has 0 aliphatic carbocycles. The van der Waals surface area contributed by atoms with Crippen LogP contribution in [-0.2, 0) is 0 Å². The highest BCUT2D eigenvalue weighted by Gasteiger charge is 1.94. The van der Waals surface area contributed by atoms with Crippen molar-refractivity contribution in [1.82, 2.24) is 4.98 Å². The average molecular weight is 195 g/mol. The van der Waals surface area contributed by atoms with Gasteiger partial charge in [-0.05, 0) is 18.4 Å². The average Bonchev–Trinajstić information content (AvgIpc) is 2.29. The van der Waals surface area contributed by atoms with Crippen molar-refractivity contribution in [2.75, 3.05) is 0 Å². The Labute approximate surface area is 89.1 Å². The van der Waals surface area contributed by atoms with Crippen LogP contribution in [0.5, 0.6) is 0 Å². The van der Waals surface area contributed by atoms with Crippen LogP contribution in [0.2, 0.25) is 0 Å². The number of hydrogen-bond donors (Lipinski definition) is 0. The van der Waals surface area contributed by atoms with Gasteiger partial charge in [-0.25, -0.2) is 0 Å². The summed E-state index contributed by atoms with van der Waals surface area (Å²) in [6.07, 6.45) is 7.69. The molecule has 0 saturated heterocycles. The second kappa shape index (κ2) is 4.09. The van der Waals surface area contributed by atoms with Crippen molar-refractivity contribution in [1.29, 1.82) is 0 Å². The standard InChI is InChI=1S/C14H13N/c1-3-7-14-12(4-2)13-9-6-5-8-11(13)10-15-14/h3-10H,1H2,2H3/b12-4-,14-7+. The number of rotatable bonds is 1. The van der Waals surface area contributed by atoms with Gasteiger partial charge in [0.15, 0.2) is 0 Å². The lowest BCUT2D eigenvalue weighted by Crippen LogP contribution is -2.28. The molecule has 0 spiro atoms. The largest absolute Gasteiger partial charge is 0.256 e. The maximum atomic E-state index is 4.41. The van der Waals surface area contributed by atoms with Gasteiger partial charge in [0, 0.05) is 16.8 Å². The van der Waals surface area contributed by atoms with Crippen LogP contribution < -0.4 is 10.6 Å². The summed E-state index contributed by atoms with van der Waals surface area (Å²) in [6.45, 7) is 5.73. The van der Waals surface area contributed by atoms with Crippen molar-refractivity contribution in [3.05, 3.63) is 53.7 Å². The predicted molar refractivity (Wildman–Crippen MR) is 65.8 cm³/mol. The number of pyridine rings is 1. The van der Waals surface area contributed by atoms with Crippen LogP contribution in [0.3, 0.4) is 0 Å². The Bertz CT molecular complexity index is 609. The molecule has 15 heavy (non-hydrogen) atoms. The van der Waals surface area contributed by atoms with E-state index in [1.165, 1.54) is 16.0 Å². The van der Waals surface area contributed by atoms with Crippen LogP contribution in [0.4, 0.5) is 0 Å². The monoisotopic (exact) mass is 195 g/mol. The van der Waals surface area contributed by atoms with Crippen LogP contribution in [0.25, 0.3) is 22.9 Å². The maximum Gasteiger partial charge on any atom is 0.0704 e. The molecule has 1 nitrogen and oxygen atoms in total. The highest BCUT2D eigenvalue weighted by Crippen LogP contribution is 2.04. The highest BCUT2D eigenvalue weighted by molar-refractivity contribution is 5.82. The molecule has 1 heteroatoms. The normalized spacial score (nSPS) is 13.4. The Balaban J connectivity index is 3.02. The Morgan fingerprint density at radius 2 is 2.07 bits per heavy atom. The van der Waals surface area contributed by atoms with Gasteiger partial charge in [-0.15, -0.1) is 0 Å². The van der Waals surface area contributed by atoms with Gasteiger partial charge in [-0.2, -0.15) is 0 Å². The summed E-state index contributed by atoms with van der Waals surface area (Å²) in [5.74, 6) is 0. The van der Waals surface area contributed by atoms with Crippen LogP contribution >= 0.6 is 0 Å². The third kappa shape index (κ3) is 1.68. The lowest BCUT2D eigenvalue weighted by molar-refractivity contribution is 1.25. The van der Waals surface area contributed by atoms with E-state index in [-0.39, 0.29) is 0 Å². The summed E-state index contributed by atoms with van der Waals surface area (Å²) < 4.78 is 0. The first-order valence-corrected chi connectivity index (χ1v) is 4.99. The van der Waals surface area contributed by atoms with Crippen molar-refractivity contribution in [2.45, 2.75) is 6.92 Å². The van der Waals surface area contributed by atoms with Crippen LogP contribution in [0.1, 0.15) is 6.92 Å². The highest BCUT2D eigenvalue weighted by atomic mass is 14.6. The molecular formula is C14H13N. The minimum Gasteiger partial charge on any atom is -0.256 e. The number of allylic oxidation sites excluding steroid dienone is 1. The van der Waals surface area contributed by atoms with Crippen molar-refractivity contribution < 1.29 is 0 Å². The van der Waals surface area contributed by atoms with E-state index in [0.29, 0.717) is 0 Å². The first-order chi connectivity index (χ1) is 7.36. The van der Waals surface area contributed by atoms with Crippen LogP contribution in [0, 0.1) is 0 Å². The summed E-state index contributed by atoms with van der Waals surface area (Å²) in [6, 6.07) is 8.27. The van der Waals surface area contributed by atoms with Gasteiger partial charge >= 0.3 is 0 Å². The first-order valence-electron chi connectivity index (χ1n) is 4.99. The molecule has 2 rings (SSSR count). The summed E-state index contributed by atoms with van der Waals surface area (Å²) in [4.78, 5) is 4.41. The van der Waals surface area contributed by atoms with E-state index in [4.69, 9.17) is 0 Å². The Morgan fingerprint density at radius 3 is 2.80 bits per heavy atom. The lowest BCUT2D eigenvalue weighted by atomic mass is 10.1. The molecule has 2 aromatic rings. The van der Waals surface area contributed by atoms with E-state index in [1.807, 2.05) is 31.3 Å². The van der Waals surface area contributed by atoms with Crippen LogP contribution in [0.15, 0.2) is 43.1 Å².